The Hall–Kier alpha value is -1.63. The molecule has 0 spiro atoms. The third-order valence-corrected chi connectivity index (χ3v) is 7.64. The number of benzene rings is 1. The van der Waals surface area contributed by atoms with E-state index < -0.39 is 14.8 Å². The Morgan fingerprint density at radius 1 is 1.23 bits per heavy atom. The number of nitrogens with one attached hydrogen (secondary N) is 1. The molecule has 5 nitrogen and oxygen atoms in total. The van der Waals surface area contributed by atoms with Crippen LogP contribution in [0.15, 0.2) is 54.3 Å². The lowest BCUT2D eigenvalue weighted by molar-refractivity contribution is 0.403. The van der Waals surface area contributed by atoms with Crippen molar-refractivity contribution in [2.45, 2.75) is 30.9 Å². The zero-order valence-electron chi connectivity index (χ0n) is 14.8. The molecule has 140 valence electrons. The minimum absolute atomic E-state index is 0. The van der Waals surface area contributed by atoms with E-state index in [-0.39, 0.29) is 12.4 Å². The molecule has 26 heavy (non-hydrogen) atoms. The highest BCUT2D eigenvalue weighted by molar-refractivity contribution is 7.91. The Bertz CT molecular complexity index is 958. The Morgan fingerprint density at radius 3 is 2.73 bits per heavy atom. The van der Waals surface area contributed by atoms with Crippen LogP contribution in [-0.4, -0.2) is 35.4 Å². The number of hydrogen-bond donors (Lipinski definition) is 1. The second-order valence-corrected chi connectivity index (χ2v) is 9.39. The molecule has 1 aromatic heterocycles. The first kappa shape index (κ1) is 19.1. The van der Waals surface area contributed by atoms with Gasteiger partial charge in [0.1, 0.15) is 4.75 Å². The molecule has 2 heterocycles. The summed E-state index contributed by atoms with van der Waals surface area (Å²) in [5.74, 6) is 0.468. The van der Waals surface area contributed by atoms with Gasteiger partial charge in [-0.2, -0.15) is 9.19 Å². The van der Waals surface area contributed by atoms with Crippen molar-refractivity contribution in [3.05, 3.63) is 54.3 Å². The average Bonchev–Trinajstić information content (AvgIpc) is 3.07. The lowest BCUT2D eigenvalue weighted by atomic mass is 9.82. The van der Waals surface area contributed by atoms with Crippen LogP contribution in [0.5, 0.6) is 0 Å². The largest absolute Gasteiger partial charge is 0.317 e. The van der Waals surface area contributed by atoms with Gasteiger partial charge < -0.3 is 5.32 Å². The summed E-state index contributed by atoms with van der Waals surface area (Å²) < 4.78 is 27.1. The van der Waals surface area contributed by atoms with Gasteiger partial charge in [-0.25, -0.2) is 8.42 Å². The summed E-state index contributed by atoms with van der Waals surface area (Å²) in [5, 5.41) is 8.40. The molecule has 0 bridgehead atoms. The number of halogens is 1. The number of rotatable bonds is 3. The Morgan fingerprint density at radius 2 is 1.96 bits per heavy atom. The van der Waals surface area contributed by atoms with E-state index in [9.17, 15) is 8.42 Å². The topological polar surface area (TPSA) is 64.0 Å². The summed E-state index contributed by atoms with van der Waals surface area (Å²) in [6.45, 7) is 3.81. The van der Waals surface area contributed by atoms with Gasteiger partial charge in [0.2, 0.25) is 0 Å². The third kappa shape index (κ3) is 3.10. The predicted octanol–water partition coefficient (Wildman–Crippen LogP) is 3.28. The number of nitrogens with zero attached hydrogens (tertiary/aromatic N) is 2. The first-order valence-corrected chi connectivity index (χ1v) is 10.2. The molecule has 4 rings (SSSR count). The smallest absolute Gasteiger partial charge is 0.263 e. The normalized spacial score (nSPS) is 24.3. The number of fused-ring (bicyclic) bond motifs is 1. The maximum absolute atomic E-state index is 13.4. The molecule has 1 aliphatic carbocycles. The van der Waals surface area contributed by atoms with Gasteiger partial charge in [-0.3, -0.25) is 0 Å². The van der Waals surface area contributed by atoms with E-state index in [1.54, 1.807) is 12.3 Å². The molecule has 7 heteroatoms. The molecule has 2 aliphatic rings. The highest BCUT2D eigenvalue weighted by Crippen LogP contribution is 2.37. The zero-order chi connectivity index (χ0) is 17.5. The predicted molar refractivity (Wildman–Crippen MR) is 107 cm³/mol. The SMILES string of the molecule is CC1(S(=O)(=O)n2ncc3ccccc32)C=CC=C(C2CCNCC2)C1.Cl. The van der Waals surface area contributed by atoms with Crippen LogP contribution in [0.2, 0.25) is 0 Å². The minimum atomic E-state index is -3.65. The van der Waals surface area contributed by atoms with Crippen molar-refractivity contribution in [3.63, 3.8) is 0 Å². The molecule has 1 unspecified atom stereocenters. The third-order valence-electron chi connectivity index (χ3n) is 5.44. The van der Waals surface area contributed by atoms with Crippen molar-refractivity contribution in [1.82, 2.24) is 14.5 Å². The van der Waals surface area contributed by atoms with Gasteiger partial charge in [-0.15, -0.1) is 12.4 Å². The molecular formula is C19H24ClN3O2S. The Kier molecular flexibility index (Phi) is 5.28. The summed E-state index contributed by atoms with van der Waals surface area (Å²) in [5.41, 5.74) is 1.88. The molecular weight excluding hydrogens is 370 g/mol. The van der Waals surface area contributed by atoms with Crippen LogP contribution >= 0.6 is 12.4 Å². The number of piperidine rings is 1. The van der Waals surface area contributed by atoms with Gasteiger partial charge in [0.15, 0.2) is 0 Å². The summed E-state index contributed by atoms with van der Waals surface area (Å²) in [7, 11) is -3.65. The van der Waals surface area contributed by atoms with E-state index in [1.165, 1.54) is 9.66 Å². The number of para-hydroxylation sites is 1. The fourth-order valence-electron chi connectivity index (χ4n) is 3.89. The van der Waals surface area contributed by atoms with Gasteiger partial charge >= 0.3 is 0 Å². The quantitative estimate of drug-likeness (QED) is 0.869. The molecule has 1 aliphatic heterocycles. The number of hydrogen-bond acceptors (Lipinski definition) is 4. The lowest BCUT2D eigenvalue weighted by Crippen LogP contribution is -2.41. The van der Waals surface area contributed by atoms with Gasteiger partial charge in [0.05, 0.1) is 11.7 Å². The molecule has 2 aromatic rings. The Labute approximate surface area is 160 Å². The molecule has 0 radical (unpaired) electrons. The van der Waals surface area contributed by atoms with Crippen molar-refractivity contribution >= 4 is 33.3 Å². The van der Waals surface area contributed by atoms with E-state index in [0.29, 0.717) is 17.9 Å². The van der Waals surface area contributed by atoms with Gasteiger partial charge in [0.25, 0.3) is 10.0 Å². The molecule has 1 saturated heterocycles. The van der Waals surface area contributed by atoms with E-state index in [2.05, 4.69) is 16.5 Å². The van der Waals surface area contributed by atoms with Crippen LogP contribution in [0.25, 0.3) is 10.9 Å². The number of aromatic nitrogens is 2. The van der Waals surface area contributed by atoms with Crippen molar-refractivity contribution < 1.29 is 8.42 Å². The molecule has 0 amide bonds. The molecule has 1 aromatic carbocycles. The fourth-order valence-corrected chi connectivity index (χ4v) is 5.48. The van der Waals surface area contributed by atoms with Gasteiger partial charge in [-0.05, 0) is 51.3 Å². The Balaban J connectivity index is 0.00000196. The van der Waals surface area contributed by atoms with E-state index >= 15 is 0 Å². The first-order chi connectivity index (χ1) is 12.0. The average molecular weight is 394 g/mol. The lowest BCUT2D eigenvalue weighted by Gasteiger charge is -2.34. The minimum Gasteiger partial charge on any atom is -0.317 e. The van der Waals surface area contributed by atoms with E-state index in [1.807, 2.05) is 37.3 Å². The molecule has 1 fully saturated rings. The van der Waals surface area contributed by atoms with Gasteiger partial charge in [0, 0.05) is 5.39 Å². The fraction of sp³-hybridized carbons (Fsp3) is 0.421. The summed E-state index contributed by atoms with van der Waals surface area (Å²) in [6, 6.07) is 7.42. The van der Waals surface area contributed by atoms with Crippen LogP contribution < -0.4 is 5.32 Å². The molecule has 0 saturated carbocycles. The zero-order valence-corrected chi connectivity index (χ0v) is 16.4. The van der Waals surface area contributed by atoms with Crippen LogP contribution in [0.4, 0.5) is 0 Å². The first-order valence-electron chi connectivity index (χ1n) is 8.78. The highest BCUT2D eigenvalue weighted by atomic mass is 35.5. The van der Waals surface area contributed by atoms with Crippen LogP contribution in [0, 0.1) is 5.92 Å². The summed E-state index contributed by atoms with van der Waals surface area (Å²) >= 11 is 0. The summed E-state index contributed by atoms with van der Waals surface area (Å²) in [4.78, 5) is 0. The monoisotopic (exact) mass is 393 g/mol. The second-order valence-electron chi connectivity index (χ2n) is 7.17. The van der Waals surface area contributed by atoms with E-state index in [4.69, 9.17) is 0 Å². The van der Waals surface area contributed by atoms with Gasteiger partial charge in [-0.1, -0.05) is 42.0 Å². The van der Waals surface area contributed by atoms with Crippen molar-refractivity contribution in [1.29, 1.82) is 0 Å². The second kappa shape index (κ2) is 7.18. The van der Waals surface area contributed by atoms with E-state index in [0.717, 1.165) is 31.3 Å². The standard InChI is InChI=1S/C19H23N3O2S.ClH/c1-19(10-4-6-16(13-19)15-8-11-20-12-9-15)25(23,24)22-18-7-3-2-5-17(18)14-21-22;/h2-7,10,14-15,20H,8-9,11-13H2,1H3;1H. The highest BCUT2D eigenvalue weighted by Gasteiger charge is 2.42. The number of allylic oxidation sites excluding steroid dienone is 3. The molecule has 1 atom stereocenters. The van der Waals surface area contributed by atoms with Crippen molar-refractivity contribution in [3.8, 4) is 0 Å². The summed E-state index contributed by atoms with van der Waals surface area (Å²) in [6.07, 6.45) is 10.1. The molecule has 1 N–H and O–H groups in total. The van der Waals surface area contributed by atoms with Crippen molar-refractivity contribution in [2.75, 3.05) is 13.1 Å². The van der Waals surface area contributed by atoms with Crippen LogP contribution in [0.1, 0.15) is 26.2 Å². The van der Waals surface area contributed by atoms with Crippen molar-refractivity contribution in [2.24, 2.45) is 5.92 Å². The maximum Gasteiger partial charge on any atom is 0.263 e. The maximum atomic E-state index is 13.4. The van der Waals surface area contributed by atoms with Crippen LogP contribution in [0.3, 0.4) is 0 Å². The van der Waals surface area contributed by atoms with Crippen LogP contribution in [-0.2, 0) is 10.0 Å².